The van der Waals surface area contributed by atoms with Gasteiger partial charge in [-0.3, -0.25) is 4.79 Å². The van der Waals surface area contributed by atoms with Gasteiger partial charge >= 0.3 is 6.61 Å². The number of carbonyl (C=O) groups excluding carboxylic acids is 1. The first kappa shape index (κ1) is 17.3. The van der Waals surface area contributed by atoms with Crippen molar-refractivity contribution >= 4 is 17.2 Å². The Bertz CT molecular complexity index is 646. The van der Waals surface area contributed by atoms with Crippen molar-refractivity contribution in [2.45, 2.75) is 26.0 Å². The number of rotatable bonds is 7. The first-order chi connectivity index (χ1) is 11.0. The van der Waals surface area contributed by atoms with Crippen LogP contribution in [0.3, 0.4) is 0 Å². The molecule has 2 rings (SSSR count). The number of nitrogens with one attached hydrogen (secondary N) is 1. The number of amides is 1. The molecule has 0 saturated heterocycles. The highest BCUT2D eigenvalue weighted by Gasteiger charge is 2.15. The standard InChI is InChI=1S/C15H17F2N3O2S/c1-9(10-2-4-11(5-3-10)22-15(16)17)19-14(21)12-8-23-13(20-12)6-7-18/h2-5,8-9,15H,6-7,18H2,1H3,(H,19,21). The van der Waals surface area contributed by atoms with Crippen molar-refractivity contribution in [2.75, 3.05) is 6.54 Å². The number of nitrogens with two attached hydrogens (primary N) is 1. The number of ether oxygens (including phenoxy) is 1. The Morgan fingerprint density at radius 1 is 1.39 bits per heavy atom. The molecule has 1 atom stereocenters. The van der Waals surface area contributed by atoms with Gasteiger partial charge in [0.15, 0.2) is 0 Å². The molecule has 1 unspecified atom stereocenters. The normalized spacial score (nSPS) is 12.2. The Morgan fingerprint density at radius 3 is 2.70 bits per heavy atom. The van der Waals surface area contributed by atoms with Crippen molar-refractivity contribution in [1.29, 1.82) is 0 Å². The maximum atomic E-state index is 12.1. The molecule has 0 aliphatic heterocycles. The van der Waals surface area contributed by atoms with Crippen LogP contribution in [0, 0.1) is 0 Å². The van der Waals surface area contributed by atoms with Crippen molar-refractivity contribution in [3.8, 4) is 5.75 Å². The van der Waals surface area contributed by atoms with E-state index in [2.05, 4.69) is 15.0 Å². The van der Waals surface area contributed by atoms with Gasteiger partial charge in [0, 0.05) is 11.8 Å². The number of alkyl halides is 2. The van der Waals surface area contributed by atoms with Crippen LogP contribution >= 0.6 is 11.3 Å². The van der Waals surface area contributed by atoms with Crippen molar-refractivity contribution in [3.05, 3.63) is 45.9 Å². The molecule has 0 fully saturated rings. The molecule has 8 heteroatoms. The fourth-order valence-corrected chi connectivity index (χ4v) is 2.74. The number of hydrogen-bond acceptors (Lipinski definition) is 5. The third kappa shape index (κ3) is 4.97. The summed E-state index contributed by atoms with van der Waals surface area (Å²) in [6, 6.07) is 5.84. The van der Waals surface area contributed by atoms with E-state index in [0.717, 1.165) is 10.6 Å². The molecule has 0 aliphatic carbocycles. The minimum atomic E-state index is -2.86. The van der Waals surface area contributed by atoms with Gasteiger partial charge in [0.25, 0.3) is 5.91 Å². The van der Waals surface area contributed by atoms with E-state index in [0.29, 0.717) is 18.7 Å². The van der Waals surface area contributed by atoms with Gasteiger partial charge in [-0.25, -0.2) is 4.98 Å². The van der Waals surface area contributed by atoms with E-state index in [1.54, 1.807) is 24.4 Å². The van der Waals surface area contributed by atoms with Crippen LogP contribution in [0.5, 0.6) is 5.75 Å². The topological polar surface area (TPSA) is 77.2 Å². The number of nitrogens with zero attached hydrogens (tertiary/aromatic N) is 1. The lowest BCUT2D eigenvalue weighted by atomic mass is 10.1. The maximum Gasteiger partial charge on any atom is 0.387 e. The Morgan fingerprint density at radius 2 is 2.09 bits per heavy atom. The molecule has 0 saturated carbocycles. The monoisotopic (exact) mass is 341 g/mol. The molecule has 1 amide bonds. The summed E-state index contributed by atoms with van der Waals surface area (Å²) in [5.41, 5.74) is 6.58. The SMILES string of the molecule is CC(NC(=O)c1csc(CCN)n1)c1ccc(OC(F)F)cc1. The van der Waals surface area contributed by atoms with E-state index >= 15 is 0 Å². The highest BCUT2D eigenvalue weighted by Crippen LogP contribution is 2.20. The van der Waals surface area contributed by atoms with Gasteiger partial charge in [0.05, 0.1) is 11.0 Å². The van der Waals surface area contributed by atoms with Crippen molar-refractivity contribution in [2.24, 2.45) is 5.73 Å². The lowest BCUT2D eigenvalue weighted by Crippen LogP contribution is -2.27. The second-order valence-corrected chi connectivity index (χ2v) is 5.75. The number of hydrogen-bond donors (Lipinski definition) is 2. The molecular weight excluding hydrogens is 324 g/mol. The van der Waals surface area contributed by atoms with E-state index in [-0.39, 0.29) is 17.7 Å². The summed E-state index contributed by atoms with van der Waals surface area (Å²) in [7, 11) is 0. The average Bonchev–Trinajstić information content (AvgIpc) is 2.96. The molecule has 0 aliphatic rings. The van der Waals surface area contributed by atoms with E-state index < -0.39 is 6.61 Å². The number of benzene rings is 1. The first-order valence-corrected chi connectivity index (χ1v) is 7.87. The van der Waals surface area contributed by atoms with Crippen LogP contribution in [0.25, 0.3) is 0 Å². The van der Waals surface area contributed by atoms with Gasteiger partial charge in [0.2, 0.25) is 0 Å². The highest BCUT2D eigenvalue weighted by molar-refractivity contribution is 7.09. The van der Waals surface area contributed by atoms with Crippen LogP contribution in [0.15, 0.2) is 29.6 Å². The molecule has 23 heavy (non-hydrogen) atoms. The third-order valence-electron chi connectivity index (χ3n) is 3.10. The number of aromatic nitrogens is 1. The average molecular weight is 341 g/mol. The van der Waals surface area contributed by atoms with Crippen molar-refractivity contribution in [1.82, 2.24) is 10.3 Å². The zero-order chi connectivity index (χ0) is 16.8. The van der Waals surface area contributed by atoms with Gasteiger partial charge < -0.3 is 15.8 Å². The highest BCUT2D eigenvalue weighted by atomic mass is 32.1. The molecule has 5 nitrogen and oxygen atoms in total. The van der Waals surface area contributed by atoms with Gasteiger partial charge in [-0.1, -0.05) is 12.1 Å². The molecule has 1 aromatic heterocycles. The van der Waals surface area contributed by atoms with Crippen LogP contribution in [-0.4, -0.2) is 24.0 Å². The summed E-state index contributed by atoms with van der Waals surface area (Å²) in [4.78, 5) is 16.4. The smallest absolute Gasteiger partial charge is 0.387 e. The predicted octanol–water partition coefficient (Wildman–Crippen LogP) is 2.74. The zero-order valence-corrected chi connectivity index (χ0v) is 13.3. The number of carbonyl (C=O) groups is 1. The summed E-state index contributed by atoms with van der Waals surface area (Å²) in [5, 5.41) is 5.32. The Labute approximate surface area is 136 Å². The van der Waals surface area contributed by atoms with E-state index in [1.807, 2.05) is 0 Å². The summed E-state index contributed by atoms with van der Waals surface area (Å²) in [6.07, 6.45) is 0.638. The molecule has 0 spiro atoms. The lowest BCUT2D eigenvalue weighted by molar-refractivity contribution is -0.0498. The largest absolute Gasteiger partial charge is 0.435 e. The molecule has 124 valence electrons. The Kier molecular flexibility index (Phi) is 6.00. The molecule has 0 bridgehead atoms. The zero-order valence-electron chi connectivity index (χ0n) is 12.5. The maximum absolute atomic E-state index is 12.1. The molecule has 1 aromatic carbocycles. The quantitative estimate of drug-likeness (QED) is 0.812. The van der Waals surface area contributed by atoms with E-state index in [1.165, 1.54) is 23.5 Å². The molecule has 3 N–H and O–H groups in total. The molecule has 0 radical (unpaired) electrons. The fourth-order valence-electron chi connectivity index (χ4n) is 1.95. The minimum Gasteiger partial charge on any atom is -0.435 e. The van der Waals surface area contributed by atoms with Gasteiger partial charge in [-0.2, -0.15) is 8.78 Å². The van der Waals surface area contributed by atoms with Gasteiger partial charge in [0.1, 0.15) is 11.4 Å². The van der Waals surface area contributed by atoms with E-state index in [4.69, 9.17) is 5.73 Å². The molecule has 2 aromatic rings. The minimum absolute atomic E-state index is 0.0770. The number of halogens is 2. The molecular formula is C15H17F2N3O2S. The lowest BCUT2D eigenvalue weighted by Gasteiger charge is -2.14. The summed E-state index contributed by atoms with van der Waals surface area (Å²) in [5.74, 6) is -0.210. The first-order valence-electron chi connectivity index (χ1n) is 6.99. The van der Waals surface area contributed by atoms with Crippen LogP contribution in [-0.2, 0) is 6.42 Å². The van der Waals surface area contributed by atoms with Crippen LogP contribution in [0.1, 0.15) is 34.0 Å². The van der Waals surface area contributed by atoms with Crippen LogP contribution in [0.2, 0.25) is 0 Å². The predicted molar refractivity (Wildman–Crippen MR) is 83.8 cm³/mol. The summed E-state index contributed by atoms with van der Waals surface area (Å²) < 4.78 is 28.5. The van der Waals surface area contributed by atoms with E-state index in [9.17, 15) is 13.6 Å². The van der Waals surface area contributed by atoms with Crippen molar-refractivity contribution < 1.29 is 18.3 Å². The Hall–Kier alpha value is -2.06. The van der Waals surface area contributed by atoms with Crippen LogP contribution in [0.4, 0.5) is 8.78 Å². The second kappa shape index (κ2) is 7.98. The van der Waals surface area contributed by atoms with Crippen LogP contribution < -0.4 is 15.8 Å². The van der Waals surface area contributed by atoms with Gasteiger partial charge in [-0.15, -0.1) is 11.3 Å². The number of thiazole rings is 1. The summed E-state index contributed by atoms with van der Waals surface area (Å²) in [6.45, 7) is -0.572. The third-order valence-corrected chi connectivity index (χ3v) is 4.00. The molecule has 1 heterocycles. The summed E-state index contributed by atoms with van der Waals surface area (Å²) >= 11 is 1.39. The Balaban J connectivity index is 1.97. The second-order valence-electron chi connectivity index (χ2n) is 4.81. The van der Waals surface area contributed by atoms with Gasteiger partial charge in [-0.05, 0) is 31.2 Å². The fraction of sp³-hybridized carbons (Fsp3) is 0.333. The van der Waals surface area contributed by atoms with Crippen molar-refractivity contribution in [3.63, 3.8) is 0 Å².